The molecule has 1 aliphatic heterocycles. The Morgan fingerprint density at radius 1 is 1.43 bits per heavy atom. The van der Waals surface area contributed by atoms with Gasteiger partial charge in [-0.05, 0) is 18.1 Å². The average Bonchev–Trinajstić information content (AvgIpc) is 3.22. The molecule has 0 saturated carbocycles. The van der Waals surface area contributed by atoms with Crippen molar-refractivity contribution in [1.82, 2.24) is 14.5 Å². The number of aromatic amines is 1. The Balaban J connectivity index is 1.84. The van der Waals surface area contributed by atoms with Crippen molar-refractivity contribution in [1.29, 1.82) is 0 Å². The highest BCUT2D eigenvalue weighted by Gasteiger charge is 2.43. The van der Waals surface area contributed by atoms with Gasteiger partial charge in [-0.3, -0.25) is 19.1 Å². The van der Waals surface area contributed by atoms with Crippen molar-refractivity contribution >= 4 is 39.2 Å². The number of benzene rings is 1. The summed E-state index contributed by atoms with van der Waals surface area (Å²) in [5.41, 5.74) is 5.68. The first kappa shape index (κ1) is 19.1. The molecule has 0 aliphatic carbocycles. The van der Waals surface area contributed by atoms with Crippen LogP contribution in [0.2, 0.25) is 5.02 Å². The summed E-state index contributed by atoms with van der Waals surface area (Å²) in [5, 5.41) is 20.9. The highest BCUT2D eigenvalue weighted by molar-refractivity contribution is 7.16. The molecule has 2 aromatic heterocycles. The summed E-state index contributed by atoms with van der Waals surface area (Å²) in [7, 11) is 0. The highest BCUT2D eigenvalue weighted by atomic mass is 35.5. The smallest absolute Gasteiger partial charge is 0.311 e. The molecule has 1 aromatic carbocycles. The maximum atomic E-state index is 12.7. The number of aliphatic hydroxyl groups is 2. The van der Waals surface area contributed by atoms with Gasteiger partial charge >= 0.3 is 4.87 Å². The standard InChI is InChI=1S/C17H17ClN4O5S/c18-10-4-2-1-3-8(10)11(24)9-5-7(6-23)27-15(9)22-13-12(28-17(22)26)14(25)21-16(19)20-13/h1-4,7,9,11,15,23-24H,5-6H2,(H3,19,20,21,25). The van der Waals surface area contributed by atoms with Gasteiger partial charge in [-0.15, -0.1) is 0 Å². The maximum Gasteiger partial charge on any atom is 0.311 e. The summed E-state index contributed by atoms with van der Waals surface area (Å²) < 4.78 is 7.17. The van der Waals surface area contributed by atoms with Crippen LogP contribution in [0.1, 0.15) is 24.3 Å². The minimum absolute atomic E-state index is 0.0798. The molecule has 1 fully saturated rings. The van der Waals surface area contributed by atoms with E-state index in [-0.39, 0.29) is 29.3 Å². The van der Waals surface area contributed by atoms with E-state index in [2.05, 4.69) is 9.97 Å². The number of H-pyrrole nitrogens is 1. The average molecular weight is 425 g/mol. The van der Waals surface area contributed by atoms with E-state index in [0.29, 0.717) is 10.6 Å². The van der Waals surface area contributed by atoms with E-state index in [4.69, 9.17) is 22.1 Å². The number of aliphatic hydroxyl groups excluding tert-OH is 2. The van der Waals surface area contributed by atoms with Crippen molar-refractivity contribution in [3.05, 3.63) is 54.9 Å². The molecule has 3 heterocycles. The molecule has 5 N–H and O–H groups in total. The summed E-state index contributed by atoms with van der Waals surface area (Å²) in [5.74, 6) is -0.737. The lowest BCUT2D eigenvalue weighted by atomic mass is 9.91. The van der Waals surface area contributed by atoms with Gasteiger partial charge in [0.05, 0.1) is 18.8 Å². The SMILES string of the molecule is Nc1nc2c(sc(=O)n2C2OC(CO)CC2C(O)c2ccccc2Cl)c(=O)[nH]1. The summed E-state index contributed by atoms with van der Waals surface area (Å²) in [6.07, 6.45) is -2.31. The molecule has 0 bridgehead atoms. The number of nitrogens with two attached hydrogens (primary N) is 1. The summed E-state index contributed by atoms with van der Waals surface area (Å²) in [6.45, 7) is -0.283. The van der Waals surface area contributed by atoms with E-state index < -0.39 is 34.8 Å². The fourth-order valence-corrected chi connectivity index (χ4v) is 4.63. The lowest BCUT2D eigenvalue weighted by Gasteiger charge is -2.25. The van der Waals surface area contributed by atoms with Crippen molar-refractivity contribution in [2.24, 2.45) is 5.92 Å². The minimum atomic E-state index is -1.06. The van der Waals surface area contributed by atoms with Gasteiger partial charge in [0.25, 0.3) is 5.56 Å². The van der Waals surface area contributed by atoms with Crippen LogP contribution < -0.4 is 16.2 Å². The zero-order valence-electron chi connectivity index (χ0n) is 14.4. The lowest BCUT2D eigenvalue weighted by molar-refractivity contribution is -0.0498. The van der Waals surface area contributed by atoms with Gasteiger partial charge in [0.1, 0.15) is 10.9 Å². The Hall–Kier alpha value is -2.24. The van der Waals surface area contributed by atoms with Crippen LogP contribution in [0.25, 0.3) is 10.3 Å². The number of anilines is 1. The predicted molar refractivity (Wildman–Crippen MR) is 104 cm³/mol. The van der Waals surface area contributed by atoms with Crippen molar-refractivity contribution in [3.63, 3.8) is 0 Å². The highest BCUT2D eigenvalue weighted by Crippen LogP contribution is 2.44. The molecule has 0 amide bonds. The number of halogens is 1. The van der Waals surface area contributed by atoms with Crippen LogP contribution in [0, 0.1) is 5.92 Å². The molecule has 28 heavy (non-hydrogen) atoms. The Kier molecular flexibility index (Phi) is 4.98. The second-order valence-corrected chi connectivity index (χ2v) is 7.91. The number of nitrogens with one attached hydrogen (secondary N) is 1. The van der Waals surface area contributed by atoms with Crippen molar-refractivity contribution in [2.45, 2.75) is 24.9 Å². The second-order valence-electron chi connectivity index (χ2n) is 6.54. The van der Waals surface area contributed by atoms with E-state index in [9.17, 15) is 19.8 Å². The number of ether oxygens (including phenoxy) is 1. The molecule has 11 heteroatoms. The molecule has 1 aliphatic rings. The molecular weight excluding hydrogens is 408 g/mol. The van der Waals surface area contributed by atoms with Crippen LogP contribution in [-0.2, 0) is 4.74 Å². The first-order valence-corrected chi connectivity index (χ1v) is 9.69. The normalized spacial score (nSPS) is 23.3. The Bertz CT molecular complexity index is 1140. The number of fused-ring (bicyclic) bond motifs is 1. The number of hydrogen-bond donors (Lipinski definition) is 4. The first-order valence-electron chi connectivity index (χ1n) is 8.50. The number of nitrogens with zero attached hydrogens (tertiary/aromatic N) is 2. The third kappa shape index (κ3) is 3.12. The van der Waals surface area contributed by atoms with Crippen LogP contribution in [0.5, 0.6) is 0 Å². The molecule has 148 valence electrons. The second kappa shape index (κ2) is 7.30. The van der Waals surface area contributed by atoms with Gasteiger partial charge in [0, 0.05) is 10.9 Å². The van der Waals surface area contributed by atoms with Crippen LogP contribution in [0.4, 0.5) is 5.95 Å². The minimum Gasteiger partial charge on any atom is -0.394 e. The number of aromatic nitrogens is 3. The summed E-state index contributed by atoms with van der Waals surface area (Å²) >= 11 is 6.94. The fourth-order valence-electron chi connectivity index (χ4n) is 3.54. The molecular formula is C17H17ClN4O5S. The van der Waals surface area contributed by atoms with Crippen LogP contribution in [0.15, 0.2) is 33.9 Å². The molecule has 4 unspecified atom stereocenters. The first-order chi connectivity index (χ1) is 13.4. The number of thiazole rings is 1. The number of rotatable bonds is 4. The van der Waals surface area contributed by atoms with Gasteiger partial charge < -0.3 is 20.7 Å². The summed E-state index contributed by atoms with van der Waals surface area (Å²) in [6, 6.07) is 6.83. The molecule has 1 saturated heterocycles. The Labute approximate surface area is 167 Å². The quantitative estimate of drug-likeness (QED) is 0.489. The van der Waals surface area contributed by atoms with E-state index in [0.717, 1.165) is 11.3 Å². The zero-order valence-corrected chi connectivity index (χ0v) is 16.0. The van der Waals surface area contributed by atoms with E-state index in [1.54, 1.807) is 24.3 Å². The van der Waals surface area contributed by atoms with Crippen molar-refractivity contribution in [3.8, 4) is 0 Å². The Morgan fingerprint density at radius 2 is 2.18 bits per heavy atom. The molecule has 4 rings (SSSR count). The van der Waals surface area contributed by atoms with Gasteiger partial charge in [0.2, 0.25) is 5.95 Å². The largest absolute Gasteiger partial charge is 0.394 e. The summed E-state index contributed by atoms with van der Waals surface area (Å²) in [4.78, 5) is 30.7. The van der Waals surface area contributed by atoms with Crippen LogP contribution in [0.3, 0.4) is 0 Å². The molecule has 9 nitrogen and oxygen atoms in total. The predicted octanol–water partition coefficient (Wildman–Crippen LogP) is 1.01. The topological polar surface area (TPSA) is 143 Å². The van der Waals surface area contributed by atoms with Crippen molar-refractivity contribution < 1.29 is 14.9 Å². The monoisotopic (exact) mass is 424 g/mol. The third-order valence-electron chi connectivity index (χ3n) is 4.81. The maximum absolute atomic E-state index is 12.7. The van der Waals surface area contributed by atoms with Gasteiger partial charge in [-0.2, -0.15) is 4.98 Å². The van der Waals surface area contributed by atoms with E-state index in [1.165, 1.54) is 4.57 Å². The van der Waals surface area contributed by atoms with Crippen LogP contribution >= 0.6 is 22.9 Å². The van der Waals surface area contributed by atoms with Crippen LogP contribution in [-0.4, -0.2) is 37.5 Å². The molecule has 0 spiro atoms. The molecule has 3 aromatic rings. The number of hydrogen-bond acceptors (Lipinski definition) is 8. The van der Waals surface area contributed by atoms with E-state index >= 15 is 0 Å². The number of nitrogen functional groups attached to an aromatic ring is 1. The molecule has 4 atom stereocenters. The fraction of sp³-hybridized carbons (Fsp3) is 0.353. The van der Waals surface area contributed by atoms with Gasteiger partial charge in [-0.25, -0.2) is 0 Å². The van der Waals surface area contributed by atoms with Gasteiger partial charge in [-0.1, -0.05) is 41.1 Å². The lowest BCUT2D eigenvalue weighted by Crippen LogP contribution is -2.28. The van der Waals surface area contributed by atoms with Crippen molar-refractivity contribution in [2.75, 3.05) is 12.3 Å². The zero-order chi connectivity index (χ0) is 20.0. The van der Waals surface area contributed by atoms with E-state index in [1.807, 2.05) is 0 Å². The third-order valence-corrected chi connectivity index (χ3v) is 6.10. The van der Waals surface area contributed by atoms with Gasteiger partial charge in [0.15, 0.2) is 5.65 Å². The Morgan fingerprint density at radius 3 is 2.89 bits per heavy atom. The molecule has 0 radical (unpaired) electrons.